The van der Waals surface area contributed by atoms with Crippen molar-refractivity contribution in [1.82, 2.24) is 13.5 Å². The van der Waals surface area contributed by atoms with E-state index in [2.05, 4.69) is 0 Å². The summed E-state index contributed by atoms with van der Waals surface area (Å²) in [6.07, 6.45) is 0.975. The molecule has 142 valence electrons. The minimum absolute atomic E-state index is 0.220. The summed E-state index contributed by atoms with van der Waals surface area (Å²) >= 11 is 0. The number of amides is 1. The van der Waals surface area contributed by atoms with E-state index >= 15 is 0 Å². The van der Waals surface area contributed by atoms with Crippen molar-refractivity contribution in [2.24, 2.45) is 0 Å². The summed E-state index contributed by atoms with van der Waals surface area (Å²) in [5, 5.41) is 0. The predicted molar refractivity (Wildman–Crippen MR) is 93.9 cm³/mol. The van der Waals surface area contributed by atoms with Crippen molar-refractivity contribution >= 4 is 16.3 Å². The smallest absolute Gasteiger partial charge is 0.410 e. The summed E-state index contributed by atoms with van der Waals surface area (Å²) in [6.45, 7) is 1.96. The lowest BCUT2D eigenvalue weighted by Crippen LogP contribution is -2.44. The van der Waals surface area contributed by atoms with Gasteiger partial charge in [0.05, 0.1) is 26.2 Å². The molecule has 3 aliphatic heterocycles. The second-order valence-corrected chi connectivity index (χ2v) is 8.79. The van der Waals surface area contributed by atoms with Crippen molar-refractivity contribution in [3.8, 4) is 5.75 Å². The van der Waals surface area contributed by atoms with Crippen LogP contribution in [0.3, 0.4) is 0 Å². The van der Waals surface area contributed by atoms with E-state index in [1.165, 1.54) is 8.61 Å². The van der Waals surface area contributed by atoms with E-state index in [1.807, 2.05) is 24.3 Å². The minimum atomic E-state index is -3.48. The molecule has 1 aromatic carbocycles. The number of carbonyl (C=O) groups excluding carboxylic acids is 1. The monoisotopic (exact) mass is 381 g/mol. The van der Waals surface area contributed by atoms with Crippen molar-refractivity contribution in [2.75, 3.05) is 33.3 Å². The second kappa shape index (κ2) is 6.71. The van der Waals surface area contributed by atoms with E-state index < -0.39 is 22.4 Å². The number of nitrogens with zero attached hydrogens (tertiary/aromatic N) is 3. The number of rotatable bonds is 5. The first-order valence-corrected chi connectivity index (χ1v) is 10.2. The number of hydrogen-bond acceptors (Lipinski definition) is 5. The largest absolute Gasteiger partial charge is 0.496 e. The van der Waals surface area contributed by atoms with E-state index in [-0.39, 0.29) is 19.1 Å². The Kier molecular flexibility index (Phi) is 4.54. The lowest BCUT2D eigenvalue weighted by Gasteiger charge is -2.26. The van der Waals surface area contributed by atoms with Crippen molar-refractivity contribution in [1.29, 1.82) is 0 Å². The summed E-state index contributed by atoms with van der Waals surface area (Å²) in [5.74, 6) is 0.697. The molecule has 0 aromatic heterocycles. The molecule has 3 fully saturated rings. The highest BCUT2D eigenvalue weighted by Crippen LogP contribution is 2.32. The van der Waals surface area contributed by atoms with Gasteiger partial charge in [-0.1, -0.05) is 18.2 Å². The molecule has 0 bridgehead atoms. The zero-order valence-corrected chi connectivity index (χ0v) is 15.5. The number of ether oxygens (including phenoxy) is 2. The van der Waals surface area contributed by atoms with Crippen molar-refractivity contribution in [3.63, 3.8) is 0 Å². The lowest BCUT2D eigenvalue weighted by molar-refractivity contribution is 0.127. The first kappa shape index (κ1) is 17.6. The highest BCUT2D eigenvalue weighted by atomic mass is 32.2. The Bertz CT molecular complexity index is 793. The van der Waals surface area contributed by atoms with Crippen LogP contribution in [0.15, 0.2) is 24.3 Å². The Morgan fingerprint density at radius 3 is 2.62 bits per heavy atom. The lowest BCUT2D eigenvalue weighted by atomic mass is 10.1. The number of para-hydroxylation sites is 1. The van der Waals surface area contributed by atoms with Crippen LogP contribution >= 0.6 is 0 Å². The molecule has 0 unspecified atom stereocenters. The molecule has 0 saturated carbocycles. The van der Waals surface area contributed by atoms with E-state index in [1.54, 1.807) is 12.0 Å². The van der Waals surface area contributed by atoms with Gasteiger partial charge < -0.3 is 9.47 Å². The Hall–Kier alpha value is -1.84. The van der Waals surface area contributed by atoms with Crippen LogP contribution in [0.25, 0.3) is 0 Å². The molecule has 3 aliphatic rings. The van der Waals surface area contributed by atoms with E-state index in [0.717, 1.165) is 18.4 Å². The topological polar surface area (TPSA) is 79.4 Å². The Balaban J connectivity index is 1.51. The maximum atomic E-state index is 12.8. The molecule has 0 spiro atoms. The predicted octanol–water partition coefficient (Wildman–Crippen LogP) is 1.04. The van der Waals surface area contributed by atoms with Crippen LogP contribution in [0.2, 0.25) is 0 Å². The number of fused-ring (bicyclic) bond motifs is 1. The standard InChI is InChI=1S/C17H23N3O5S/c1-24-15-7-3-2-6-13(15)10-20-14-11-19(12-16(14)25-17(20)21)26(22,23)18-8-4-5-9-18/h2-3,6-7,14,16H,4-5,8-12H2,1H3/t14-,16+/m1/s1. The Labute approximate surface area is 153 Å². The summed E-state index contributed by atoms with van der Waals surface area (Å²) < 4.78 is 39.4. The maximum Gasteiger partial charge on any atom is 0.410 e. The van der Waals surface area contributed by atoms with Crippen LogP contribution in [0.5, 0.6) is 5.75 Å². The third-order valence-corrected chi connectivity index (χ3v) is 7.31. The van der Waals surface area contributed by atoms with Crippen LogP contribution in [0.1, 0.15) is 18.4 Å². The van der Waals surface area contributed by atoms with Crippen LogP contribution < -0.4 is 4.74 Å². The molecule has 3 heterocycles. The molecule has 0 aliphatic carbocycles. The first-order chi connectivity index (χ1) is 12.5. The van der Waals surface area contributed by atoms with Gasteiger partial charge in [0, 0.05) is 25.2 Å². The quantitative estimate of drug-likeness (QED) is 0.761. The van der Waals surface area contributed by atoms with Gasteiger partial charge in [-0.25, -0.2) is 4.79 Å². The van der Waals surface area contributed by atoms with Gasteiger partial charge in [-0.05, 0) is 18.9 Å². The number of carbonyl (C=O) groups is 1. The number of methoxy groups -OCH3 is 1. The van der Waals surface area contributed by atoms with Gasteiger partial charge in [-0.2, -0.15) is 17.0 Å². The molecule has 2 atom stereocenters. The zero-order chi connectivity index (χ0) is 18.3. The van der Waals surface area contributed by atoms with Gasteiger partial charge >= 0.3 is 6.09 Å². The average molecular weight is 381 g/mol. The fourth-order valence-electron chi connectivity index (χ4n) is 3.94. The Morgan fingerprint density at radius 2 is 1.88 bits per heavy atom. The fraction of sp³-hybridized carbons (Fsp3) is 0.588. The number of hydrogen-bond donors (Lipinski definition) is 0. The Morgan fingerprint density at radius 1 is 1.15 bits per heavy atom. The summed E-state index contributed by atoms with van der Waals surface area (Å²) in [7, 11) is -1.90. The highest BCUT2D eigenvalue weighted by molar-refractivity contribution is 7.86. The summed E-state index contributed by atoms with van der Waals surface area (Å²) in [5.41, 5.74) is 0.869. The van der Waals surface area contributed by atoms with Crippen molar-refractivity contribution in [3.05, 3.63) is 29.8 Å². The molecule has 1 aromatic rings. The normalized spacial score (nSPS) is 27.0. The van der Waals surface area contributed by atoms with E-state index in [0.29, 0.717) is 25.4 Å². The molecule has 4 rings (SSSR count). The van der Waals surface area contributed by atoms with Crippen LogP contribution in [-0.2, 0) is 21.5 Å². The number of benzene rings is 1. The van der Waals surface area contributed by atoms with Crippen LogP contribution in [0, 0.1) is 0 Å². The minimum Gasteiger partial charge on any atom is -0.496 e. The van der Waals surface area contributed by atoms with Gasteiger partial charge in [-0.15, -0.1) is 0 Å². The SMILES string of the molecule is COc1ccccc1CN1C(=O)O[C@H]2CN(S(=O)(=O)N3CCCC3)C[C@H]21. The zero-order valence-electron chi connectivity index (χ0n) is 14.7. The molecule has 0 radical (unpaired) electrons. The third-order valence-electron chi connectivity index (χ3n) is 5.34. The van der Waals surface area contributed by atoms with Gasteiger partial charge in [0.15, 0.2) is 0 Å². The molecule has 1 amide bonds. The molecular weight excluding hydrogens is 358 g/mol. The van der Waals surface area contributed by atoms with E-state index in [9.17, 15) is 13.2 Å². The molecular formula is C17H23N3O5S. The van der Waals surface area contributed by atoms with Gasteiger partial charge in [-0.3, -0.25) is 4.90 Å². The molecule has 0 N–H and O–H groups in total. The maximum absolute atomic E-state index is 12.8. The second-order valence-electron chi connectivity index (χ2n) is 6.86. The molecule has 26 heavy (non-hydrogen) atoms. The van der Waals surface area contributed by atoms with Crippen molar-refractivity contribution < 1.29 is 22.7 Å². The fourth-order valence-corrected chi connectivity index (χ4v) is 5.66. The van der Waals surface area contributed by atoms with Gasteiger partial charge in [0.2, 0.25) is 0 Å². The van der Waals surface area contributed by atoms with Gasteiger partial charge in [0.25, 0.3) is 10.2 Å². The van der Waals surface area contributed by atoms with Crippen LogP contribution in [-0.4, -0.2) is 73.5 Å². The third kappa shape index (κ3) is 2.93. The molecule has 9 heteroatoms. The molecule has 3 saturated heterocycles. The van der Waals surface area contributed by atoms with E-state index in [4.69, 9.17) is 9.47 Å². The average Bonchev–Trinajstić information content (AvgIpc) is 3.34. The van der Waals surface area contributed by atoms with Gasteiger partial charge in [0.1, 0.15) is 11.9 Å². The first-order valence-electron chi connectivity index (χ1n) is 8.85. The highest BCUT2D eigenvalue weighted by Gasteiger charge is 2.51. The summed E-state index contributed by atoms with van der Waals surface area (Å²) in [6, 6.07) is 7.22. The molecule has 8 nitrogen and oxygen atoms in total. The van der Waals surface area contributed by atoms with Crippen molar-refractivity contribution in [2.45, 2.75) is 31.5 Å². The van der Waals surface area contributed by atoms with Crippen LogP contribution in [0.4, 0.5) is 4.79 Å². The summed E-state index contributed by atoms with van der Waals surface area (Å²) in [4.78, 5) is 13.9.